The zero-order chi connectivity index (χ0) is 14.1. The second kappa shape index (κ2) is 4.77. The van der Waals surface area contributed by atoms with Crippen molar-refractivity contribution in [2.75, 3.05) is 0 Å². The summed E-state index contributed by atoms with van der Waals surface area (Å²) in [5.74, 6) is 0. The van der Waals surface area contributed by atoms with Gasteiger partial charge >= 0.3 is 5.69 Å². The maximum atomic E-state index is 11.8. The summed E-state index contributed by atoms with van der Waals surface area (Å²) < 4.78 is 1.34. The van der Waals surface area contributed by atoms with Crippen molar-refractivity contribution in [3.63, 3.8) is 0 Å². The van der Waals surface area contributed by atoms with Crippen molar-refractivity contribution >= 4 is 11.0 Å². The van der Waals surface area contributed by atoms with Crippen LogP contribution in [0.3, 0.4) is 0 Å². The fraction of sp³-hybridized carbons (Fsp3) is 0.133. The molecule has 0 aliphatic heterocycles. The molecule has 0 unspecified atom stereocenters. The molecule has 0 radical (unpaired) electrons. The SMILES string of the molecule is Cn1c(=O)[nH]c(=O)c2cc(Cc3ccccc3)cnc21. The minimum absolute atomic E-state index is 0.398. The molecule has 0 saturated carbocycles. The van der Waals surface area contributed by atoms with Gasteiger partial charge in [0.25, 0.3) is 5.56 Å². The van der Waals surface area contributed by atoms with Gasteiger partial charge in [-0.15, -0.1) is 0 Å². The van der Waals surface area contributed by atoms with Crippen LogP contribution in [-0.4, -0.2) is 14.5 Å². The molecule has 0 aliphatic carbocycles. The molecule has 1 N–H and O–H groups in total. The molecule has 0 atom stereocenters. The van der Waals surface area contributed by atoms with Crippen molar-refractivity contribution in [2.45, 2.75) is 6.42 Å². The van der Waals surface area contributed by atoms with Crippen LogP contribution in [0.1, 0.15) is 11.1 Å². The molecule has 0 fully saturated rings. The average molecular weight is 267 g/mol. The minimum Gasteiger partial charge on any atom is -0.281 e. The Bertz CT molecular complexity index is 879. The molecule has 0 amide bonds. The first-order valence-electron chi connectivity index (χ1n) is 6.27. The molecule has 0 aliphatic rings. The Morgan fingerprint density at radius 1 is 1.15 bits per heavy atom. The van der Waals surface area contributed by atoms with Gasteiger partial charge in [0.1, 0.15) is 5.65 Å². The fourth-order valence-corrected chi connectivity index (χ4v) is 2.21. The van der Waals surface area contributed by atoms with Gasteiger partial charge in [0.05, 0.1) is 5.39 Å². The summed E-state index contributed by atoms with van der Waals surface area (Å²) in [5, 5.41) is 0.431. The van der Waals surface area contributed by atoms with Gasteiger partial charge in [0.2, 0.25) is 0 Å². The number of nitrogens with zero attached hydrogens (tertiary/aromatic N) is 2. The Kier molecular flexibility index (Phi) is 2.95. The van der Waals surface area contributed by atoms with Crippen LogP contribution in [0.15, 0.2) is 52.2 Å². The van der Waals surface area contributed by atoms with Gasteiger partial charge in [0.15, 0.2) is 0 Å². The van der Waals surface area contributed by atoms with Gasteiger partial charge in [-0.3, -0.25) is 14.3 Å². The molecule has 100 valence electrons. The van der Waals surface area contributed by atoms with Crippen molar-refractivity contribution in [3.8, 4) is 0 Å². The summed E-state index contributed by atoms with van der Waals surface area (Å²) >= 11 is 0. The lowest BCUT2D eigenvalue weighted by molar-refractivity contribution is 0.827. The number of H-pyrrole nitrogens is 1. The summed E-state index contributed by atoms with van der Waals surface area (Å²) in [6.07, 6.45) is 2.40. The van der Waals surface area contributed by atoms with E-state index in [-0.39, 0.29) is 0 Å². The highest BCUT2D eigenvalue weighted by Gasteiger charge is 2.07. The van der Waals surface area contributed by atoms with Gasteiger partial charge in [0, 0.05) is 13.2 Å². The molecule has 0 spiro atoms. The summed E-state index contributed by atoms with van der Waals surface area (Å²) in [7, 11) is 1.59. The maximum Gasteiger partial charge on any atom is 0.329 e. The van der Waals surface area contributed by atoms with Crippen LogP contribution in [0, 0.1) is 0 Å². The highest BCUT2D eigenvalue weighted by Crippen LogP contribution is 2.11. The van der Waals surface area contributed by atoms with E-state index in [1.807, 2.05) is 30.3 Å². The number of fused-ring (bicyclic) bond motifs is 1. The molecule has 5 nitrogen and oxygen atoms in total. The van der Waals surface area contributed by atoms with Crippen molar-refractivity contribution in [3.05, 3.63) is 74.6 Å². The largest absolute Gasteiger partial charge is 0.329 e. The second-order valence-electron chi connectivity index (χ2n) is 4.70. The van der Waals surface area contributed by atoms with Crippen molar-refractivity contribution in [1.82, 2.24) is 14.5 Å². The number of hydrogen-bond acceptors (Lipinski definition) is 3. The number of nitrogens with one attached hydrogen (secondary N) is 1. The normalized spacial score (nSPS) is 10.8. The molecule has 3 rings (SSSR count). The van der Waals surface area contributed by atoms with E-state index in [0.717, 1.165) is 11.1 Å². The van der Waals surface area contributed by atoms with Crippen LogP contribution in [-0.2, 0) is 13.5 Å². The summed E-state index contributed by atoms with van der Waals surface area (Å²) in [5.41, 5.74) is 1.63. The van der Waals surface area contributed by atoms with Crippen LogP contribution < -0.4 is 11.2 Å². The van der Waals surface area contributed by atoms with Crippen LogP contribution in [0.2, 0.25) is 0 Å². The zero-order valence-corrected chi connectivity index (χ0v) is 11.0. The third-order valence-electron chi connectivity index (χ3n) is 3.26. The van der Waals surface area contributed by atoms with E-state index < -0.39 is 11.2 Å². The number of benzene rings is 1. The van der Waals surface area contributed by atoms with E-state index in [4.69, 9.17) is 0 Å². The van der Waals surface area contributed by atoms with E-state index in [9.17, 15) is 9.59 Å². The van der Waals surface area contributed by atoms with E-state index >= 15 is 0 Å². The van der Waals surface area contributed by atoms with Gasteiger partial charge in [-0.2, -0.15) is 0 Å². The number of aryl methyl sites for hydroxylation is 1. The standard InChI is InChI=1S/C15H13N3O2/c1-18-13-12(14(19)17-15(18)20)8-11(9-16-13)7-10-5-3-2-4-6-10/h2-6,8-9H,7H2,1H3,(H,17,19,20). The quantitative estimate of drug-likeness (QED) is 0.759. The molecule has 2 aromatic heterocycles. The molecular formula is C15H13N3O2. The lowest BCUT2D eigenvalue weighted by atomic mass is 10.1. The number of pyridine rings is 1. The van der Waals surface area contributed by atoms with Gasteiger partial charge in [-0.25, -0.2) is 9.78 Å². The first-order valence-corrected chi connectivity index (χ1v) is 6.27. The Morgan fingerprint density at radius 3 is 2.65 bits per heavy atom. The van der Waals surface area contributed by atoms with E-state index in [0.29, 0.717) is 17.5 Å². The first-order chi connectivity index (χ1) is 9.65. The smallest absolute Gasteiger partial charge is 0.281 e. The summed E-state index contributed by atoms with van der Waals surface area (Å²) in [6, 6.07) is 11.7. The van der Waals surface area contributed by atoms with Crippen molar-refractivity contribution in [2.24, 2.45) is 7.05 Å². The maximum absolute atomic E-state index is 11.8. The number of aromatic nitrogens is 3. The van der Waals surface area contributed by atoms with Crippen molar-refractivity contribution in [1.29, 1.82) is 0 Å². The van der Waals surface area contributed by atoms with E-state index in [2.05, 4.69) is 9.97 Å². The molecule has 0 saturated heterocycles. The van der Waals surface area contributed by atoms with Crippen molar-refractivity contribution < 1.29 is 0 Å². The van der Waals surface area contributed by atoms with Gasteiger partial charge in [-0.1, -0.05) is 30.3 Å². The lowest BCUT2D eigenvalue weighted by Gasteiger charge is -2.05. The predicted octanol–water partition coefficient (Wildman–Crippen LogP) is 1.21. The van der Waals surface area contributed by atoms with E-state index in [1.54, 1.807) is 19.3 Å². The van der Waals surface area contributed by atoms with Gasteiger partial charge in [-0.05, 0) is 23.6 Å². The number of rotatable bonds is 2. The average Bonchev–Trinajstić information content (AvgIpc) is 2.46. The molecule has 2 heterocycles. The molecule has 3 aromatic rings. The lowest BCUT2D eigenvalue weighted by Crippen LogP contribution is -2.29. The Hall–Kier alpha value is -2.69. The Balaban J connectivity index is 2.12. The molecular weight excluding hydrogens is 254 g/mol. The third-order valence-corrected chi connectivity index (χ3v) is 3.26. The van der Waals surface area contributed by atoms with Crippen LogP contribution in [0.25, 0.3) is 11.0 Å². The topological polar surface area (TPSA) is 67.8 Å². The Labute approximate surface area is 114 Å². The minimum atomic E-state index is -0.453. The summed E-state index contributed by atoms with van der Waals surface area (Å²) in [6.45, 7) is 0. The second-order valence-corrected chi connectivity index (χ2v) is 4.70. The summed E-state index contributed by atoms with van der Waals surface area (Å²) in [4.78, 5) is 29.9. The highest BCUT2D eigenvalue weighted by molar-refractivity contribution is 5.74. The number of hydrogen-bond donors (Lipinski definition) is 1. The number of aromatic amines is 1. The van der Waals surface area contributed by atoms with E-state index in [1.165, 1.54) is 4.57 Å². The highest BCUT2D eigenvalue weighted by atomic mass is 16.2. The van der Waals surface area contributed by atoms with Crippen LogP contribution in [0.4, 0.5) is 0 Å². The predicted molar refractivity (Wildman–Crippen MR) is 76.9 cm³/mol. The fourth-order valence-electron chi connectivity index (χ4n) is 2.21. The Morgan fingerprint density at radius 2 is 1.90 bits per heavy atom. The molecule has 1 aromatic carbocycles. The molecule has 20 heavy (non-hydrogen) atoms. The molecule has 0 bridgehead atoms. The third kappa shape index (κ3) is 2.14. The van der Waals surface area contributed by atoms with Gasteiger partial charge < -0.3 is 0 Å². The van der Waals surface area contributed by atoms with Crippen LogP contribution in [0.5, 0.6) is 0 Å². The first kappa shape index (κ1) is 12.3. The monoisotopic (exact) mass is 267 g/mol. The van der Waals surface area contributed by atoms with Crippen LogP contribution >= 0.6 is 0 Å². The zero-order valence-electron chi connectivity index (χ0n) is 11.0. The molecule has 5 heteroatoms.